The van der Waals surface area contributed by atoms with E-state index in [1.165, 1.54) is 49.4 Å². The molecular formula is C48H43NO. The lowest BCUT2D eigenvalue weighted by molar-refractivity contribution is 0.125. The minimum atomic E-state index is -0.0140. The summed E-state index contributed by atoms with van der Waals surface area (Å²) in [4.78, 5) is 14.0. The van der Waals surface area contributed by atoms with Crippen LogP contribution < -0.4 is 5.56 Å². The van der Waals surface area contributed by atoms with Crippen molar-refractivity contribution < 1.29 is 0 Å². The van der Waals surface area contributed by atoms with Crippen molar-refractivity contribution in [3.63, 3.8) is 0 Å². The fourth-order valence-electron chi connectivity index (χ4n) is 9.32. The number of nitrogens with zero attached hydrogens (tertiary/aromatic N) is 1. The quantitative estimate of drug-likeness (QED) is 0.138. The average Bonchev–Trinajstić information content (AvgIpc) is 3.24. The Labute approximate surface area is 294 Å². The van der Waals surface area contributed by atoms with E-state index >= 15 is 0 Å². The molecule has 246 valence electrons. The minimum absolute atomic E-state index is 0.0140. The maximum Gasteiger partial charge on any atom is 0.259 e. The van der Waals surface area contributed by atoms with E-state index in [1.54, 1.807) is 0 Å². The molecule has 9 rings (SSSR count). The lowest BCUT2D eigenvalue weighted by atomic mass is 9.59. The number of allylic oxidation sites excluding steroid dienone is 4. The van der Waals surface area contributed by atoms with Gasteiger partial charge in [-0.25, -0.2) is 0 Å². The molecule has 0 saturated heterocycles. The monoisotopic (exact) mass is 649 g/mol. The highest BCUT2D eigenvalue weighted by atomic mass is 16.1. The van der Waals surface area contributed by atoms with Gasteiger partial charge in [0.25, 0.3) is 5.56 Å². The molecule has 0 saturated carbocycles. The summed E-state index contributed by atoms with van der Waals surface area (Å²) in [6.45, 7) is 14.5. The normalized spacial score (nSPS) is 18.7. The SMILES string of the molecule is CC1(C)c2ccc(-c3c4ccccc4c(-c4ccc5c(c4)c4ccccc4c(=O)n5C4C=CC=CC4)c4ccccc34)cc2C(C)(C)C1(C)C. The van der Waals surface area contributed by atoms with Crippen molar-refractivity contribution in [2.24, 2.45) is 5.41 Å². The molecule has 6 aromatic carbocycles. The van der Waals surface area contributed by atoms with E-state index in [9.17, 15) is 4.79 Å². The highest BCUT2D eigenvalue weighted by Crippen LogP contribution is 2.62. The van der Waals surface area contributed by atoms with Crippen LogP contribution in [0.15, 0.2) is 138 Å². The highest BCUT2D eigenvalue weighted by Gasteiger charge is 2.56. The molecule has 0 spiro atoms. The van der Waals surface area contributed by atoms with Crippen molar-refractivity contribution in [3.05, 3.63) is 155 Å². The molecule has 0 aliphatic heterocycles. The molecule has 1 unspecified atom stereocenters. The summed E-state index contributed by atoms with van der Waals surface area (Å²) < 4.78 is 2.00. The molecule has 1 aromatic heterocycles. The number of hydrogen-bond donors (Lipinski definition) is 0. The summed E-state index contributed by atoms with van der Waals surface area (Å²) in [5.74, 6) is 0. The van der Waals surface area contributed by atoms with Crippen molar-refractivity contribution >= 4 is 43.2 Å². The summed E-state index contributed by atoms with van der Waals surface area (Å²) in [7, 11) is 0. The molecule has 2 aliphatic rings. The van der Waals surface area contributed by atoms with Crippen LogP contribution in [0.25, 0.3) is 65.5 Å². The van der Waals surface area contributed by atoms with Crippen molar-refractivity contribution in [3.8, 4) is 22.3 Å². The fraction of sp³-hybridized carbons (Fsp3) is 0.229. The largest absolute Gasteiger partial charge is 0.301 e. The molecular weight excluding hydrogens is 607 g/mol. The number of pyridine rings is 1. The second-order valence-corrected chi connectivity index (χ2v) is 16.0. The summed E-state index contributed by atoms with van der Waals surface area (Å²) in [6, 6.07) is 39.9. The van der Waals surface area contributed by atoms with Crippen molar-refractivity contribution in [2.75, 3.05) is 0 Å². The standard InChI is InChI=1S/C48H43NO/c1-46(2)40-26-24-31(29-41(40)47(3,4)48(46,5)6)44-36-21-13-11-19-34(36)43(35-20-12-14-22-37(35)44)30-25-27-42-39(28-30)33-18-10-15-23-38(33)45(50)49(42)32-16-8-7-9-17-32/h7-16,18-29,32H,17H2,1-6H3. The molecule has 0 fully saturated rings. The first-order valence-corrected chi connectivity index (χ1v) is 18.0. The van der Waals surface area contributed by atoms with Crippen LogP contribution in [-0.2, 0) is 10.8 Å². The molecule has 2 aliphatic carbocycles. The first kappa shape index (κ1) is 30.8. The predicted molar refractivity (Wildman–Crippen MR) is 213 cm³/mol. The fourth-order valence-corrected chi connectivity index (χ4v) is 9.32. The van der Waals surface area contributed by atoms with E-state index in [1.807, 2.05) is 22.8 Å². The number of rotatable bonds is 3. The molecule has 0 amide bonds. The molecule has 50 heavy (non-hydrogen) atoms. The van der Waals surface area contributed by atoms with Crippen molar-refractivity contribution in [1.29, 1.82) is 0 Å². The molecule has 7 aromatic rings. The van der Waals surface area contributed by atoms with Gasteiger partial charge in [0.05, 0.1) is 11.6 Å². The number of benzene rings is 6. The topological polar surface area (TPSA) is 22.0 Å². The van der Waals surface area contributed by atoms with Gasteiger partial charge in [-0.1, -0.05) is 157 Å². The van der Waals surface area contributed by atoms with Gasteiger partial charge in [-0.05, 0) is 101 Å². The van der Waals surface area contributed by atoms with Gasteiger partial charge in [-0.2, -0.15) is 0 Å². The third kappa shape index (κ3) is 4.05. The summed E-state index contributed by atoms with van der Waals surface area (Å²) in [5, 5.41) is 7.84. The van der Waals surface area contributed by atoms with Gasteiger partial charge >= 0.3 is 0 Å². The van der Waals surface area contributed by atoms with E-state index < -0.39 is 0 Å². The third-order valence-electron chi connectivity index (χ3n) is 13.2. The molecule has 0 radical (unpaired) electrons. The number of hydrogen-bond acceptors (Lipinski definition) is 1. The van der Waals surface area contributed by atoms with Gasteiger partial charge in [0, 0.05) is 10.8 Å². The molecule has 2 heteroatoms. The minimum Gasteiger partial charge on any atom is -0.301 e. The lowest BCUT2D eigenvalue weighted by Crippen LogP contribution is -2.42. The summed E-state index contributed by atoms with van der Waals surface area (Å²) in [5.41, 5.74) is 9.09. The van der Waals surface area contributed by atoms with Crippen molar-refractivity contribution in [2.45, 2.75) is 64.8 Å². The van der Waals surface area contributed by atoms with Crippen LogP contribution in [-0.4, -0.2) is 4.57 Å². The average molecular weight is 650 g/mol. The molecule has 0 bridgehead atoms. The molecule has 2 nitrogen and oxygen atoms in total. The zero-order chi connectivity index (χ0) is 34.6. The van der Waals surface area contributed by atoms with Crippen LogP contribution in [0.3, 0.4) is 0 Å². The third-order valence-corrected chi connectivity index (χ3v) is 13.2. The van der Waals surface area contributed by atoms with Gasteiger partial charge in [-0.15, -0.1) is 0 Å². The predicted octanol–water partition coefficient (Wildman–Crippen LogP) is 12.4. The Bertz CT molecular complexity index is 2620. The van der Waals surface area contributed by atoms with Gasteiger partial charge in [0.2, 0.25) is 0 Å². The van der Waals surface area contributed by atoms with E-state index in [0.29, 0.717) is 0 Å². The van der Waals surface area contributed by atoms with E-state index in [-0.39, 0.29) is 27.8 Å². The maximum atomic E-state index is 14.0. The van der Waals surface area contributed by atoms with Crippen LogP contribution in [0.2, 0.25) is 0 Å². The number of fused-ring (bicyclic) bond motifs is 6. The first-order chi connectivity index (χ1) is 24.0. The van der Waals surface area contributed by atoms with Gasteiger partial charge in [0.1, 0.15) is 0 Å². The Balaban J connectivity index is 1.33. The van der Waals surface area contributed by atoms with E-state index in [4.69, 9.17) is 0 Å². The number of aromatic nitrogens is 1. The second kappa shape index (κ2) is 10.6. The van der Waals surface area contributed by atoms with Crippen LogP contribution in [0.4, 0.5) is 0 Å². The molecule has 1 heterocycles. The van der Waals surface area contributed by atoms with Crippen LogP contribution in [0.5, 0.6) is 0 Å². The van der Waals surface area contributed by atoms with Crippen LogP contribution in [0.1, 0.15) is 65.1 Å². The maximum absolute atomic E-state index is 14.0. The zero-order valence-electron chi connectivity index (χ0n) is 29.8. The van der Waals surface area contributed by atoms with Gasteiger partial charge in [-0.3, -0.25) is 4.79 Å². The Morgan fingerprint density at radius 1 is 0.540 bits per heavy atom. The second-order valence-electron chi connectivity index (χ2n) is 16.0. The van der Waals surface area contributed by atoms with Crippen molar-refractivity contribution in [1.82, 2.24) is 4.57 Å². The molecule has 1 atom stereocenters. The van der Waals surface area contributed by atoms with E-state index in [2.05, 4.69) is 157 Å². The van der Waals surface area contributed by atoms with Gasteiger partial charge < -0.3 is 4.57 Å². The Hall–Kier alpha value is -5.21. The highest BCUT2D eigenvalue weighted by molar-refractivity contribution is 6.22. The molecule has 0 N–H and O–H groups in total. The lowest BCUT2D eigenvalue weighted by Gasteiger charge is -2.44. The van der Waals surface area contributed by atoms with Crippen LogP contribution >= 0.6 is 0 Å². The summed E-state index contributed by atoms with van der Waals surface area (Å²) in [6.07, 6.45) is 9.21. The zero-order valence-corrected chi connectivity index (χ0v) is 29.8. The van der Waals surface area contributed by atoms with Crippen LogP contribution in [0, 0.1) is 5.41 Å². The summed E-state index contributed by atoms with van der Waals surface area (Å²) >= 11 is 0. The first-order valence-electron chi connectivity index (χ1n) is 18.0. The van der Waals surface area contributed by atoms with Gasteiger partial charge in [0.15, 0.2) is 0 Å². The Kier molecular flexibility index (Phi) is 6.56. The smallest absolute Gasteiger partial charge is 0.259 e. The Morgan fingerprint density at radius 2 is 1.06 bits per heavy atom. The van der Waals surface area contributed by atoms with E-state index in [0.717, 1.165) is 33.7 Å². The Morgan fingerprint density at radius 3 is 1.64 bits per heavy atom.